The molecule has 1 saturated carbocycles. The Labute approximate surface area is 196 Å². The minimum Gasteiger partial charge on any atom is -0.354 e. The number of hydrogen-bond donors (Lipinski definition) is 2. The number of pyridine rings is 1. The van der Waals surface area contributed by atoms with E-state index in [2.05, 4.69) is 64.4 Å². The van der Waals surface area contributed by atoms with Gasteiger partial charge in [-0.3, -0.25) is 14.7 Å². The maximum atomic E-state index is 13.0. The number of nitrogens with zero attached hydrogens (tertiary/aromatic N) is 2. The lowest BCUT2D eigenvalue weighted by molar-refractivity contribution is -0.133. The van der Waals surface area contributed by atoms with Crippen LogP contribution in [0.4, 0.5) is 0 Å². The fourth-order valence-corrected chi connectivity index (χ4v) is 6.22. The molecule has 5 nitrogen and oxygen atoms in total. The third kappa shape index (κ3) is 3.48. The fraction of sp³-hybridized carbons (Fsp3) is 0.500. The Bertz CT molecular complexity index is 1220. The molecular formula is C28H34N4O. The molecule has 3 aromatic rings. The van der Waals surface area contributed by atoms with Crippen LogP contribution < -0.4 is 5.32 Å². The first-order valence-electron chi connectivity index (χ1n) is 12.6. The first-order chi connectivity index (χ1) is 15.9. The van der Waals surface area contributed by atoms with Crippen LogP contribution in [-0.2, 0) is 10.5 Å². The maximum absolute atomic E-state index is 13.0. The summed E-state index contributed by atoms with van der Waals surface area (Å²) < 4.78 is 0. The first kappa shape index (κ1) is 20.9. The van der Waals surface area contributed by atoms with Crippen molar-refractivity contribution in [1.82, 2.24) is 20.2 Å². The van der Waals surface area contributed by atoms with Gasteiger partial charge in [-0.05, 0) is 86.3 Å². The number of aromatic amines is 1. The van der Waals surface area contributed by atoms with E-state index in [0.29, 0.717) is 11.8 Å². The largest absolute Gasteiger partial charge is 0.354 e. The lowest BCUT2D eigenvalue weighted by Crippen LogP contribution is -2.64. The van der Waals surface area contributed by atoms with Crippen molar-refractivity contribution in [3.05, 3.63) is 53.3 Å². The van der Waals surface area contributed by atoms with E-state index in [1.807, 2.05) is 13.1 Å². The van der Waals surface area contributed by atoms with Gasteiger partial charge in [0.1, 0.15) is 5.66 Å². The van der Waals surface area contributed by atoms with Crippen molar-refractivity contribution in [2.75, 3.05) is 13.1 Å². The zero-order valence-electron chi connectivity index (χ0n) is 19.9. The lowest BCUT2D eigenvalue weighted by Gasteiger charge is -2.54. The highest BCUT2D eigenvalue weighted by Gasteiger charge is 2.49. The summed E-state index contributed by atoms with van der Waals surface area (Å²) in [6.45, 7) is 8.71. The summed E-state index contributed by atoms with van der Waals surface area (Å²) in [5.74, 6) is 1.52. The monoisotopic (exact) mass is 442 g/mol. The van der Waals surface area contributed by atoms with E-state index in [-0.39, 0.29) is 17.5 Å². The second kappa shape index (κ2) is 7.69. The van der Waals surface area contributed by atoms with Gasteiger partial charge >= 0.3 is 0 Å². The number of aryl methyl sites for hydroxylation is 1. The van der Waals surface area contributed by atoms with E-state index in [0.717, 1.165) is 43.6 Å². The number of fused-ring (bicyclic) bond motifs is 4. The second-order valence-electron chi connectivity index (χ2n) is 10.8. The van der Waals surface area contributed by atoms with Gasteiger partial charge in [0.05, 0.1) is 5.69 Å². The van der Waals surface area contributed by atoms with Gasteiger partial charge < -0.3 is 10.3 Å². The summed E-state index contributed by atoms with van der Waals surface area (Å²) >= 11 is 0. The van der Waals surface area contributed by atoms with E-state index in [1.54, 1.807) is 0 Å². The highest BCUT2D eigenvalue weighted by molar-refractivity contribution is 5.92. The number of H-pyrrole nitrogens is 1. The van der Waals surface area contributed by atoms with Gasteiger partial charge in [-0.25, -0.2) is 0 Å². The number of amides is 1. The van der Waals surface area contributed by atoms with Gasteiger partial charge in [-0.1, -0.05) is 19.9 Å². The molecule has 0 spiro atoms. The third-order valence-corrected chi connectivity index (χ3v) is 8.10. The summed E-state index contributed by atoms with van der Waals surface area (Å²) in [6.07, 6.45) is 7.48. The predicted octanol–water partition coefficient (Wildman–Crippen LogP) is 5.46. The molecule has 1 aromatic carbocycles. The van der Waals surface area contributed by atoms with Gasteiger partial charge in [0.2, 0.25) is 5.91 Å². The molecule has 2 aromatic heterocycles. The molecule has 0 radical (unpaired) electrons. The Balaban J connectivity index is 1.50. The molecule has 2 bridgehead atoms. The standard InChI is InChI=1S/C28H34N4O/c1-17(2)25-23-15-22(6-7-24(23)30-26(25)21-8-11-29-18(3)14-21)28(31-27(33)20-4-5-20)16-19-9-12-32(28)13-10-19/h6-8,11,14-15,17,19-20,30H,4-5,9-10,12-13,16H2,1-3H3,(H,31,33). The number of rotatable bonds is 5. The number of carbonyl (C=O) groups excluding carboxylic acids is 1. The summed E-state index contributed by atoms with van der Waals surface area (Å²) in [7, 11) is 0. The maximum Gasteiger partial charge on any atom is 0.224 e. The molecule has 7 rings (SSSR count). The SMILES string of the molecule is Cc1cc(-c2[nH]c3ccc(C4(NC(=O)C5CC5)CC5CCN4CC5)cc3c2C(C)C)ccn1. The molecule has 5 heteroatoms. The average Bonchev–Trinajstić information content (AvgIpc) is 3.59. The number of aromatic nitrogens is 2. The highest BCUT2D eigenvalue weighted by atomic mass is 16.2. The molecular weight excluding hydrogens is 408 g/mol. The van der Waals surface area contributed by atoms with Crippen molar-refractivity contribution in [3.63, 3.8) is 0 Å². The Morgan fingerprint density at radius 1 is 1.15 bits per heavy atom. The van der Waals surface area contributed by atoms with Crippen LogP contribution in [0.3, 0.4) is 0 Å². The van der Waals surface area contributed by atoms with E-state index < -0.39 is 0 Å². The van der Waals surface area contributed by atoms with Gasteiger partial charge in [0.25, 0.3) is 0 Å². The zero-order valence-corrected chi connectivity index (χ0v) is 19.9. The Morgan fingerprint density at radius 3 is 2.58 bits per heavy atom. The molecule has 3 aliphatic heterocycles. The van der Waals surface area contributed by atoms with Crippen LogP contribution in [-0.4, -0.2) is 33.9 Å². The third-order valence-electron chi connectivity index (χ3n) is 8.10. The highest BCUT2D eigenvalue weighted by Crippen LogP contribution is 2.46. The van der Waals surface area contributed by atoms with Crippen LogP contribution in [0.1, 0.15) is 68.7 Å². The molecule has 1 unspecified atom stereocenters. The van der Waals surface area contributed by atoms with Crippen LogP contribution in [0.2, 0.25) is 0 Å². The van der Waals surface area contributed by atoms with Crippen molar-refractivity contribution in [2.24, 2.45) is 11.8 Å². The predicted molar refractivity (Wildman–Crippen MR) is 132 cm³/mol. The van der Waals surface area contributed by atoms with Crippen molar-refractivity contribution in [1.29, 1.82) is 0 Å². The summed E-state index contributed by atoms with van der Waals surface area (Å²) in [5.41, 5.74) is 6.77. The van der Waals surface area contributed by atoms with E-state index in [9.17, 15) is 4.79 Å². The number of carbonyl (C=O) groups is 1. The number of hydrogen-bond acceptors (Lipinski definition) is 3. The van der Waals surface area contributed by atoms with Gasteiger partial charge in [0.15, 0.2) is 0 Å². The molecule has 5 heterocycles. The average molecular weight is 443 g/mol. The Hall–Kier alpha value is -2.66. The van der Waals surface area contributed by atoms with Crippen LogP contribution >= 0.6 is 0 Å². The zero-order chi connectivity index (χ0) is 22.7. The van der Waals surface area contributed by atoms with E-state index in [1.165, 1.54) is 40.6 Å². The number of nitrogens with one attached hydrogen (secondary N) is 2. The van der Waals surface area contributed by atoms with Crippen molar-refractivity contribution >= 4 is 16.8 Å². The second-order valence-corrected chi connectivity index (χ2v) is 10.8. The Kier molecular flexibility index (Phi) is 4.88. The first-order valence-corrected chi connectivity index (χ1v) is 12.6. The van der Waals surface area contributed by atoms with E-state index >= 15 is 0 Å². The number of benzene rings is 1. The summed E-state index contributed by atoms with van der Waals surface area (Å²) in [5, 5.41) is 4.84. The summed E-state index contributed by atoms with van der Waals surface area (Å²) in [4.78, 5) is 23.7. The molecule has 1 amide bonds. The molecule has 1 atom stereocenters. The van der Waals surface area contributed by atoms with Crippen LogP contribution in [0.5, 0.6) is 0 Å². The molecule has 1 aliphatic carbocycles. The van der Waals surface area contributed by atoms with E-state index in [4.69, 9.17) is 0 Å². The van der Waals surface area contributed by atoms with Crippen LogP contribution in [0.15, 0.2) is 36.5 Å². The van der Waals surface area contributed by atoms with Crippen molar-refractivity contribution in [3.8, 4) is 11.3 Å². The normalized spacial score (nSPS) is 26.8. The van der Waals surface area contributed by atoms with Crippen LogP contribution in [0, 0.1) is 18.8 Å². The van der Waals surface area contributed by atoms with Crippen LogP contribution in [0.25, 0.3) is 22.2 Å². The minimum atomic E-state index is -0.367. The Morgan fingerprint density at radius 2 is 1.94 bits per heavy atom. The smallest absolute Gasteiger partial charge is 0.224 e. The van der Waals surface area contributed by atoms with Crippen molar-refractivity contribution < 1.29 is 4.79 Å². The molecule has 172 valence electrons. The summed E-state index contributed by atoms with van der Waals surface area (Å²) in [6, 6.07) is 11.1. The molecule has 33 heavy (non-hydrogen) atoms. The topological polar surface area (TPSA) is 61.0 Å². The minimum absolute atomic E-state index is 0.215. The quantitative estimate of drug-likeness (QED) is 0.552. The van der Waals surface area contributed by atoms with Gasteiger partial charge in [0, 0.05) is 47.4 Å². The molecule has 3 saturated heterocycles. The lowest BCUT2D eigenvalue weighted by atomic mass is 9.75. The fourth-order valence-electron chi connectivity index (χ4n) is 6.22. The molecule has 4 fully saturated rings. The molecule has 4 aliphatic rings. The number of piperidine rings is 3. The molecule has 2 N–H and O–H groups in total. The van der Waals surface area contributed by atoms with Gasteiger partial charge in [-0.2, -0.15) is 0 Å². The van der Waals surface area contributed by atoms with Crippen molar-refractivity contribution in [2.45, 2.75) is 64.5 Å². The van der Waals surface area contributed by atoms with Gasteiger partial charge in [-0.15, -0.1) is 0 Å².